The molecule has 0 amide bonds. The van der Waals surface area contributed by atoms with Gasteiger partial charge in [0.25, 0.3) is 0 Å². The van der Waals surface area contributed by atoms with Gasteiger partial charge in [-0.3, -0.25) is 0 Å². The number of aromatic nitrogens is 1. The molecule has 1 fully saturated rings. The quantitative estimate of drug-likeness (QED) is 0.900. The average molecular weight is 267 g/mol. The molecule has 2 nitrogen and oxygen atoms in total. The van der Waals surface area contributed by atoms with Gasteiger partial charge in [-0.25, -0.2) is 4.98 Å². The first-order valence-electron chi connectivity index (χ1n) is 7.02. The highest BCUT2D eigenvalue weighted by molar-refractivity contribution is 7.09. The van der Waals surface area contributed by atoms with Crippen LogP contribution < -0.4 is 0 Å². The normalized spacial score (nSPS) is 28.8. The highest BCUT2D eigenvalue weighted by atomic mass is 32.1. The van der Waals surface area contributed by atoms with Gasteiger partial charge in [-0.15, -0.1) is 11.3 Å². The van der Waals surface area contributed by atoms with Crippen LogP contribution in [0.25, 0.3) is 0 Å². The highest BCUT2D eigenvalue weighted by Crippen LogP contribution is 2.40. The number of thiazole rings is 1. The Morgan fingerprint density at radius 3 is 2.78 bits per heavy atom. The predicted octanol–water partition coefficient (Wildman–Crippen LogP) is 3.92. The molecule has 3 heteroatoms. The monoisotopic (exact) mass is 267 g/mol. The zero-order valence-electron chi connectivity index (χ0n) is 12.0. The summed E-state index contributed by atoms with van der Waals surface area (Å²) in [5, 5.41) is 14.0. The van der Waals surface area contributed by atoms with E-state index in [0.29, 0.717) is 5.92 Å². The van der Waals surface area contributed by atoms with Gasteiger partial charge in [-0.2, -0.15) is 0 Å². The van der Waals surface area contributed by atoms with Crippen molar-refractivity contribution in [1.29, 1.82) is 0 Å². The zero-order chi connectivity index (χ0) is 13.4. The summed E-state index contributed by atoms with van der Waals surface area (Å²) in [6.45, 7) is 8.74. The Hall–Kier alpha value is -0.410. The molecule has 1 aromatic heterocycles. The van der Waals surface area contributed by atoms with Crippen molar-refractivity contribution in [1.82, 2.24) is 4.98 Å². The third kappa shape index (κ3) is 2.77. The van der Waals surface area contributed by atoms with Gasteiger partial charge in [-0.1, -0.05) is 40.5 Å². The lowest BCUT2D eigenvalue weighted by atomic mass is 9.86. The lowest BCUT2D eigenvalue weighted by Gasteiger charge is -2.28. The van der Waals surface area contributed by atoms with Crippen LogP contribution in [0, 0.1) is 5.92 Å². The molecule has 1 heterocycles. The summed E-state index contributed by atoms with van der Waals surface area (Å²) < 4.78 is 0. The Labute approximate surface area is 114 Å². The van der Waals surface area contributed by atoms with Crippen LogP contribution in [0.15, 0.2) is 5.38 Å². The van der Waals surface area contributed by atoms with Gasteiger partial charge < -0.3 is 5.11 Å². The van der Waals surface area contributed by atoms with Crippen LogP contribution >= 0.6 is 11.3 Å². The van der Waals surface area contributed by atoms with Crippen molar-refractivity contribution in [3.63, 3.8) is 0 Å². The van der Waals surface area contributed by atoms with Crippen molar-refractivity contribution in [2.45, 2.75) is 70.8 Å². The molecule has 0 bridgehead atoms. The molecule has 18 heavy (non-hydrogen) atoms. The minimum atomic E-state index is -0.498. The van der Waals surface area contributed by atoms with E-state index < -0.39 is 5.60 Å². The van der Waals surface area contributed by atoms with Gasteiger partial charge in [0.1, 0.15) is 0 Å². The number of aliphatic hydroxyl groups is 1. The molecule has 1 aliphatic carbocycles. The lowest BCUT2D eigenvalue weighted by Crippen LogP contribution is -2.35. The van der Waals surface area contributed by atoms with E-state index in [2.05, 4.69) is 33.1 Å². The molecular weight excluding hydrogens is 242 g/mol. The first kappa shape index (κ1) is 14.0. The highest BCUT2D eigenvalue weighted by Gasteiger charge is 2.40. The molecule has 0 saturated heterocycles. The van der Waals surface area contributed by atoms with Crippen molar-refractivity contribution in [3.05, 3.63) is 16.1 Å². The summed E-state index contributed by atoms with van der Waals surface area (Å²) in [5.41, 5.74) is 0.760. The summed E-state index contributed by atoms with van der Waals surface area (Å²) in [4.78, 5) is 4.72. The van der Waals surface area contributed by atoms with E-state index in [1.165, 1.54) is 6.42 Å². The van der Waals surface area contributed by atoms with Crippen molar-refractivity contribution >= 4 is 11.3 Å². The van der Waals surface area contributed by atoms with Gasteiger partial charge in [0, 0.05) is 17.2 Å². The molecule has 2 unspecified atom stereocenters. The Balaban J connectivity index is 2.12. The van der Waals surface area contributed by atoms with Crippen LogP contribution in [0.3, 0.4) is 0 Å². The van der Waals surface area contributed by atoms with E-state index >= 15 is 0 Å². The first-order valence-corrected chi connectivity index (χ1v) is 7.90. The molecule has 0 aliphatic heterocycles. The Morgan fingerprint density at radius 2 is 2.22 bits per heavy atom. The molecule has 2 rings (SSSR count). The smallest absolute Gasteiger partial charge is 0.0957 e. The van der Waals surface area contributed by atoms with Crippen molar-refractivity contribution in [3.8, 4) is 0 Å². The summed E-state index contributed by atoms with van der Waals surface area (Å²) in [7, 11) is 0. The van der Waals surface area contributed by atoms with E-state index in [1.54, 1.807) is 11.3 Å². The summed E-state index contributed by atoms with van der Waals surface area (Å²) in [6, 6.07) is 0. The predicted molar refractivity (Wildman–Crippen MR) is 77.1 cm³/mol. The second-order valence-electron chi connectivity index (χ2n) is 6.65. The summed E-state index contributed by atoms with van der Waals surface area (Å²) >= 11 is 1.70. The maximum Gasteiger partial charge on any atom is 0.0957 e. The van der Waals surface area contributed by atoms with E-state index in [0.717, 1.165) is 36.4 Å². The molecule has 1 aliphatic rings. The number of hydrogen-bond donors (Lipinski definition) is 1. The van der Waals surface area contributed by atoms with Gasteiger partial charge in [-0.05, 0) is 18.8 Å². The molecular formula is C15H25NOS. The maximum atomic E-state index is 10.8. The first-order chi connectivity index (χ1) is 8.35. The fourth-order valence-corrected chi connectivity index (χ4v) is 4.08. The number of nitrogens with zero attached hydrogens (tertiary/aromatic N) is 1. The average Bonchev–Trinajstić information content (AvgIpc) is 2.84. The van der Waals surface area contributed by atoms with Crippen LogP contribution in [0.5, 0.6) is 0 Å². The molecule has 2 atom stereocenters. The van der Waals surface area contributed by atoms with Gasteiger partial charge in [0.05, 0.1) is 16.3 Å². The van der Waals surface area contributed by atoms with Crippen molar-refractivity contribution in [2.24, 2.45) is 5.92 Å². The fourth-order valence-electron chi connectivity index (χ4n) is 2.94. The topological polar surface area (TPSA) is 33.1 Å². The summed E-state index contributed by atoms with van der Waals surface area (Å²) in [6.07, 6.45) is 5.09. The largest absolute Gasteiger partial charge is 0.389 e. The molecule has 0 radical (unpaired) electrons. The van der Waals surface area contributed by atoms with Crippen LogP contribution in [0.2, 0.25) is 0 Å². The van der Waals surface area contributed by atoms with Crippen LogP contribution in [0.1, 0.15) is 64.1 Å². The second-order valence-corrected chi connectivity index (χ2v) is 7.60. The van der Waals surface area contributed by atoms with Gasteiger partial charge in [0.15, 0.2) is 0 Å². The molecule has 0 spiro atoms. The number of hydrogen-bond acceptors (Lipinski definition) is 3. The SMILES string of the molecule is CCC1CCCC1(O)Cc1nc(C(C)(C)C)cs1. The fraction of sp³-hybridized carbons (Fsp3) is 0.800. The molecule has 1 aromatic rings. The molecule has 0 aromatic carbocycles. The molecule has 1 saturated carbocycles. The van der Waals surface area contributed by atoms with E-state index in [4.69, 9.17) is 4.98 Å². The molecule has 102 valence electrons. The van der Waals surface area contributed by atoms with Gasteiger partial charge >= 0.3 is 0 Å². The van der Waals surface area contributed by atoms with E-state index in [9.17, 15) is 5.11 Å². The number of rotatable bonds is 3. The van der Waals surface area contributed by atoms with Crippen LogP contribution in [-0.2, 0) is 11.8 Å². The summed E-state index contributed by atoms with van der Waals surface area (Å²) in [5.74, 6) is 0.458. The third-order valence-electron chi connectivity index (χ3n) is 4.19. The van der Waals surface area contributed by atoms with E-state index in [1.807, 2.05) is 0 Å². The van der Waals surface area contributed by atoms with Gasteiger partial charge in [0.2, 0.25) is 0 Å². The lowest BCUT2D eigenvalue weighted by molar-refractivity contribution is 0.00139. The van der Waals surface area contributed by atoms with Crippen LogP contribution in [-0.4, -0.2) is 15.7 Å². The minimum absolute atomic E-state index is 0.108. The Bertz CT molecular complexity index is 407. The van der Waals surface area contributed by atoms with Crippen LogP contribution in [0.4, 0.5) is 0 Å². The Morgan fingerprint density at radius 1 is 1.50 bits per heavy atom. The van der Waals surface area contributed by atoms with E-state index in [-0.39, 0.29) is 5.41 Å². The maximum absolute atomic E-state index is 10.8. The minimum Gasteiger partial charge on any atom is -0.389 e. The standard InChI is InChI=1S/C15H25NOS/c1-5-11-7-6-8-15(11,17)9-13-16-12(10-18-13)14(2,3)4/h10-11,17H,5-9H2,1-4H3. The van der Waals surface area contributed by atoms with Crippen molar-refractivity contribution in [2.75, 3.05) is 0 Å². The Kier molecular flexibility index (Phi) is 3.84. The zero-order valence-corrected chi connectivity index (χ0v) is 12.8. The van der Waals surface area contributed by atoms with Crippen molar-refractivity contribution < 1.29 is 5.11 Å². The third-order valence-corrected chi connectivity index (χ3v) is 5.04. The molecule has 1 N–H and O–H groups in total. The second kappa shape index (κ2) is 4.93.